The maximum atomic E-state index is 10.6. The number of benzene rings is 1. The van der Waals surface area contributed by atoms with Crippen molar-refractivity contribution in [2.45, 2.75) is 9.10 Å². The monoisotopic (exact) mass is 374 g/mol. The first-order valence-electron chi connectivity index (χ1n) is 5.18. The lowest BCUT2D eigenvalue weighted by molar-refractivity contribution is -0.131. The molecule has 0 aliphatic heterocycles. The summed E-state index contributed by atoms with van der Waals surface area (Å²) in [7, 11) is 0. The van der Waals surface area contributed by atoms with Gasteiger partial charge in [0.2, 0.25) is 0 Å². The van der Waals surface area contributed by atoms with E-state index in [1.165, 1.54) is 0 Å². The van der Waals surface area contributed by atoms with Crippen LogP contribution in [-0.4, -0.2) is 11.1 Å². The van der Waals surface area contributed by atoms with Gasteiger partial charge in [0.1, 0.15) is 0 Å². The molecule has 1 aromatic heterocycles. The van der Waals surface area contributed by atoms with Crippen molar-refractivity contribution < 1.29 is 9.90 Å². The summed E-state index contributed by atoms with van der Waals surface area (Å²) in [5.74, 6) is -0.954. The van der Waals surface area contributed by atoms with Crippen molar-refractivity contribution >= 4 is 62.7 Å². The van der Waals surface area contributed by atoms with Crippen LogP contribution in [-0.2, 0) is 4.79 Å². The van der Waals surface area contributed by atoms with Gasteiger partial charge in [0.15, 0.2) is 0 Å². The normalized spacial score (nSPS) is 11.1. The Hall–Kier alpha value is -0.750. The van der Waals surface area contributed by atoms with Crippen molar-refractivity contribution in [2.75, 3.05) is 0 Å². The molecule has 2 nitrogen and oxygen atoms in total. The smallest absolute Gasteiger partial charge is 0.328 e. The third-order valence-corrected chi connectivity index (χ3v) is 5.25. The highest BCUT2D eigenvalue weighted by atomic mass is 79.9. The molecule has 0 aliphatic rings. The summed E-state index contributed by atoms with van der Waals surface area (Å²) in [5, 5.41) is 9.37. The fourth-order valence-electron chi connectivity index (χ4n) is 1.32. The molecule has 98 valence electrons. The maximum absolute atomic E-state index is 10.6. The van der Waals surface area contributed by atoms with E-state index >= 15 is 0 Å². The molecule has 0 spiro atoms. The van der Waals surface area contributed by atoms with Crippen LogP contribution in [0, 0.1) is 0 Å². The van der Waals surface area contributed by atoms with Gasteiger partial charge in [0.05, 0.1) is 8.00 Å². The van der Waals surface area contributed by atoms with Gasteiger partial charge in [0.25, 0.3) is 0 Å². The summed E-state index contributed by atoms with van der Waals surface area (Å²) in [6.45, 7) is 0. The lowest BCUT2D eigenvalue weighted by atomic mass is 10.3. The number of carboxylic acids is 1. The molecule has 6 heteroatoms. The molecule has 0 amide bonds. The summed E-state index contributed by atoms with van der Waals surface area (Å²) >= 11 is 12.4. The fourth-order valence-corrected chi connectivity index (χ4v) is 4.57. The number of carbonyl (C=O) groups is 1. The number of aliphatic carboxylic acids is 1. The molecule has 0 fully saturated rings. The van der Waals surface area contributed by atoms with Gasteiger partial charge < -0.3 is 5.11 Å². The van der Waals surface area contributed by atoms with Crippen molar-refractivity contribution in [1.29, 1.82) is 0 Å². The van der Waals surface area contributed by atoms with Crippen LogP contribution in [0.15, 0.2) is 49.3 Å². The minimum absolute atomic E-state index is 0.697. The van der Waals surface area contributed by atoms with Gasteiger partial charge >= 0.3 is 5.97 Å². The second-order valence-electron chi connectivity index (χ2n) is 3.52. The number of thiophene rings is 1. The topological polar surface area (TPSA) is 37.3 Å². The van der Waals surface area contributed by atoms with Gasteiger partial charge in [-0.1, -0.05) is 23.4 Å². The molecule has 2 rings (SSSR count). The van der Waals surface area contributed by atoms with Crippen molar-refractivity contribution in [3.63, 3.8) is 0 Å². The molecule has 0 saturated heterocycles. The zero-order valence-corrected chi connectivity index (χ0v) is 13.4. The molecule has 0 aliphatic carbocycles. The summed E-state index contributed by atoms with van der Waals surface area (Å²) in [6, 6.07) is 9.44. The van der Waals surface area contributed by atoms with Crippen LogP contribution in [0.25, 0.3) is 6.08 Å². The van der Waals surface area contributed by atoms with E-state index in [9.17, 15) is 4.79 Å². The first kappa shape index (κ1) is 14.7. The van der Waals surface area contributed by atoms with Crippen molar-refractivity contribution in [1.82, 2.24) is 0 Å². The van der Waals surface area contributed by atoms with E-state index in [4.69, 9.17) is 16.7 Å². The lowest BCUT2D eigenvalue weighted by Gasteiger charge is -2.00. The van der Waals surface area contributed by atoms with E-state index in [2.05, 4.69) is 15.9 Å². The summed E-state index contributed by atoms with van der Waals surface area (Å²) < 4.78 is 2.00. The Bertz CT molecular complexity index is 620. The molecule has 0 radical (unpaired) electrons. The average Bonchev–Trinajstić information content (AvgIpc) is 2.70. The third-order valence-electron chi connectivity index (χ3n) is 2.12. The van der Waals surface area contributed by atoms with E-state index in [1.54, 1.807) is 29.2 Å². The first-order valence-corrected chi connectivity index (χ1v) is 7.99. The molecule has 19 heavy (non-hydrogen) atoms. The Morgan fingerprint density at radius 3 is 2.68 bits per heavy atom. The van der Waals surface area contributed by atoms with Crippen LogP contribution < -0.4 is 0 Å². The van der Waals surface area contributed by atoms with Gasteiger partial charge in [-0.2, -0.15) is 0 Å². The molecule has 0 unspecified atom stereocenters. The quantitative estimate of drug-likeness (QED) is 0.726. The van der Waals surface area contributed by atoms with Crippen molar-refractivity contribution in [3.8, 4) is 0 Å². The molecule has 0 bridgehead atoms. The van der Waals surface area contributed by atoms with Crippen molar-refractivity contribution in [3.05, 3.63) is 50.8 Å². The third kappa shape index (κ3) is 4.38. The van der Waals surface area contributed by atoms with Gasteiger partial charge in [-0.25, -0.2) is 4.79 Å². The minimum atomic E-state index is -0.954. The standard InChI is InChI=1S/C13H8BrClO2S2/c14-11-7-8(1-6-12(16)17)13(19-11)18-10-4-2-9(15)3-5-10/h1-7H,(H,16,17)/b6-1+. The minimum Gasteiger partial charge on any atom is -0.478 e. The van der Waals surface area contributed by atoms with Crippen LogP contribution in [0.3, 0.4) is 0 Å². The zero-order chi connectivity index (χ0) is 13.8. The van der Waals surface area contributed by atoms with Crippen molar-refractivity contribution in [2.24, 2.45) is 0 Å². The van der Waals surface area contributed by atoms with Gasteiger partial charge in [-0.15, -0.1) is 11.3 Å². The lowest BCUT2D eigenvalue weighted by Crippen LogP contribution is -1.85. The first-order chi connectivity index (χ1) is 9.04. The zero-order valence-electron chi connectivity index (χ0n) is 9.47. The predicted octanol–water partition coefficient (Wildman–Crippen LogP) is 5.41. The summed E-state index contributed by atoms with van der Waals surface area (Å²) in [5.41, 5.74) is 0.888. The molecular formula is C13H8BrClO2S2. The number of halogens is 2. The fraction of sp³-hybridized carbons (Fsp3) is 0. The van der Waals surface area contributed by atoms with Gasteiger partial charge in [-0.3, -0.25) is 0 Å². The Kier molecular flexibility index (Phi) is 5.10. The number of carboxylic acid groups (broad SMARTS) is 1. The Labute approximate surface area is 132 Å². The molecule has 1 aromatic carbocycles. The van der Waals surface area contributed by atoms with E-state index in [0.717, 1.165) is 24.5 Å². The molecule has 2 aromatic rings. The van der Waals surface area contributed by atoms with Crippen LogP contribution in [0.2, 0.25) is 5.02 Å². The predicted molar refractivity (Wildman–Crippen MR) is 84.3 cm³/mol. The second kappa shape index (κ2) is 6.61. The Balaban J connectivity index is 2.24. The van der Waals surface area contributed by atoms with Crippen LogP contribution >= 0.6 is 50.6 Å². The van der Waals surface area contributed by atoms with Crippen LogP contribution in [0.1, 0.15) is 5.56 Å². The highest BCUT2D eigenvalue weighted by molar-refractivity contribution is 9.11. The molecule has 1 N–H and O–H groups in total. The van der Waals surface area contributed by atoms with Crippen LogP contribution in [0.5, 0.6) is 0 Å². The summed E-state index contributed by atoms with van der Waals surface area (Å²) in [6.07, 6.45) is 2.74. The SMILES string of the molecule is O=C(O)/C=C/c1cc(Br)sc1Sc1ccc(Cl)cc1. The largest absolute Gasteiger partial charge is 0.478 e. The highest BCUT2D eigenvalue weighted by Gasteiger charge is 2.08. The van der Waals surface area contributed by atoms with E-state index in [1.807, 2.05) is 30.3 Å². The number of hydrogen-bond donors (Lipinski definition) is 1. The molecule has 0 saturated carbocycles. The molecule has 1 heterocycles. The number of hydrogen-bond acceptors (Lipinski definition) is 3. The summed E-state index contributed by atoms with van der Waals surface area (Å²) in [4.78, 5) is 11.6. The van der Waals surface area contributed by atoms with E-state index in [0.29, 0.717) is 5.02 Å². The van der Waals surface area contributed by atoms with E-state index < -0.39 is 5.97 Å². The highest BCUT2D eigenvalue weighted by Crippen LogP contribution is 2.40. The molecule has 0 atom stereocenters. The number of rotatable bonds is 4. The second-order valence-corrected chi connectivity index (χ2v) is 7.73. The van der Waals surface area contributed by atoms with E-state index in [-0.39, 0.29) is 0 Å². The average molecular weight is 376 g/mol. The Morgan fingerprint density at radius 1 is 1.37 bits per heavy atom. The van der Waals surface area contributed by atoms with Crippen LogP contribution in [0.4, 0.5) is 0 Å². The van der Waals surface area contributed by atoms with Gasteiger partial charge in [0, 0.05) is 21.6 Å². The maximum Gasteiger partial charge on any atom is 0.328 e. The Morgan fingerprint density at radius 2 is 2.05 bits per heavy atom. The van der Waals surface area contributed by atoms with Gasteiger partial charge in [-0.05, 0) is 52.3 Å². The molecular weight excluding hydrogens is 368 g/mol.